The van der Waals surface area contributed by atoms with Crippen molar-refractivity contribution in [3.8, 4) is 0 Å². The predicted octanol–water partition coefficient (Wildman–Crippen LogP) is 4.95. The molecule has 0 aliphatic carbocycles. The van der Waals surface area contributed by atoms with Crippen molar-refractivity contribution in [3.63, 3.8) is 0 Å². The molecule has 6 heteroatoms. The summed E-state index contributed by atoms with van der Waals surface area (Å²) in [6, 6.07) is 7.73. The van der Waals surface area contributed by atoms with Crippen molar-refractivity contribution in [2.45, 2.75) is 26.8 Å². The topological polar surface area (TPSA) is 51.1 Å². The molecule has 2 aromatic carbocycles. The van der Waals surface area contributed by atoms with Crippen molar-refractivity contribution in [2.24, 2.45) is 0 Å². The summed E-state index contributed by atoms with van der Waals surface area (Å²) in [5, 5.41) is 3.51. The van der Waals surface area contributed by atoms with Gasteiger partial charge in [0.05, 0.1) is 5.52 Å². The average molecular weight is 476 g/mol. The number of carbonyl (C=O) groups is 1. The first-order chi connectivity index (χ1) is 12.3. The third kappa shape index (κ3) is 2.81. The van der Waals surface area contributed by atoms with E-state index >= 15 is 0 Å². The molecule has 0 fully saturated rings. The largest absolute Gasteiger partial charge is 0.346 e. The SMILES string of the molecule is Cc1cc(Br)cc(C)c1NC(=O)c1cn2c3c(cc(Br)cc3c1=O)CC2. The molecule has 0 saturated carbocycles. The minimum atomic E-state index is -0.373. The molecule has 1 N–H and O–H groups in total. The molecule has 1 aliphatic rings. The monoisotopic (exact) mass is 474 g/mol. The summed E-state index contributed by atoms with van der Waals surface area (Å²) < 4.78 is 3.83. The molecule has 1 aliphatic heterocycles. The Labute approximate surface area is 167 Å². The van der Waals surface area contributed by atoms with Gasteiger partial charge in [0, 0.05) is 32.8 Å². The number of anilines is 1. The lowest BCUT2D eigenvalue weighted by Gasteiger charge is -2.13. The number of nitrogens with one attached hydrogen (secondary N) is 1. The normalized spacial score (nSPS) is 12.6. The van der Waals surface area contributed by atoms with Crippen molar-refractivity contribution in [1.29, 1.82) is 0 Å². The van der Waals surface area contributed by atoms with E-state index in [4.69, 9.17) is 0 Å². The number of pyridine rings is 1. The van der Waals surface area contributed by atoms with Gasteiger partial charge < -0.3 is 9.88 Å². The first-order valence-electron chi connectivity index (χ1n) is 8.29. The Kier molecular flexibility index (Phi) is 4.28. The van der Waals surface area contributed by atoms with Crippen LogP contribution in [-0.2, 0) is 13.0 Å². The second-order valence-corrected chi connectivity index (χ2v) is 8.48. The molecule has 0 saturated heterocycles. The van der Waals surface area contributed by atoms with Crippen LogP contribution in [-0.4, -0.2) is 10.5 Å². The highest BCUT2D eigenvalue weighted by atomic mass is 79.9. The minimum Gasteiger partial charge on any atom is -0.346 e. The van der Waals surface area contributed by atoms with Crippen molar-refractivity contribution in [1.82, 2.24) is 4.57 Å². The predicted molar refractivity (Wildman–Crippen MR) is 111 cm³/mol. The summed E-state index contributed by atoms with van der Waals surface area (Å²) in [6.07, 6.45) is 2.55. The Bertz CT molecular complexity index is 1130. The van der Waals surface area contributed by atoms with Crippen LogP contribution in [0.2, 0.25) is 0 Å². The van der Waals surface area contributed by atoms with Gasteiger partial charge in [0.1, 0.15) is 5.56 Å². The van der Waals surface area contributed by atoms with Crippen LogP contribution < -0.4 is 10.7 Å². The third-order valence-electron chi connectivity index (χ3n) is 4.82. The van der Waals surface area contributed by atoms with Crippen molar-refractivity contribution in [3.05, 3.63) is 71.9 Å². The molecule has 0 radical (unpaired) electrons. The van der Waals surface area contributed by atoms with Crippen molar-refractivity contribution >= 4 is 54.4 Å². The van der Waals surface area contributed by atoms with Crippen LogP contribution in [0.4, 0.5) is 5.69 Å². The summed E-state index contributed by atoms with van der Waals surface area (Å²) in [5.41, 5.74) is 4.65. The first-order valence-corrected chi connectivity index (χ1v) is 9.87. The van der Waals surface area contributed by atoms with E-state index in [0.29, 0.717) is 5.39 Å². The highest BCUT2D eigenvalue weighted by molar-refractivity contribution is 9.10. The summed E-state index contributed by atoms with van der Waals surface area (Å²) >= 11 is 6.93. The van der Waals surface area contributed by atoms with Gasteiger partial charge in [0.25, 0.3) is 5.91 Å². The van der Waals surface area contributed by atoms with E-state index in [-0.39, 0.29) is 16.9 Å². The molecule has 4 nitrogen and oxygen atoms in total. The molecule has 1 amide bonds. The Morgan fingerprint density at radius 2 is 1.73 bits per heavy atom. The Morgan fingerprint density at radius 3 is 2.42 bits per heavy atom. The fourth-order valence-corrected chi connectivity index (χ4v) is 4.84. The molecule has 2 heterocycles. The molecule has 0 unspecified atom stereocenters. The third-order valence-corrected chi connectivity index (χ3v) is 5.73. The van der Waals surface area contributed by atoms with Gasteiger partial charge in [-0.1, -0.05) is 31.9 Å². The fourth-order valence-electron chi connectivity index (χ4n) is 3.65. The number of carbonyl (C=O) groups excluding carboxylic acids is 1. The van der Waals surface area contributed by atoms with Crippen molar-refractivity contribution in [2.75, 3.05) is 5.32 Å². The molecule has 0 spiro atoms. The molecule has 1 aromatic heterocycles. The lowest BCUT2D eigenvalue weighted by molar-refractivity contribution is 0.102. The number of amides is 1. The van der Waals surface area contributed by atoms with Gasteiger partial charge in [-0.25, -0.2) is 0 Å². The maximum absolute atomic E-state index is 13.0. The van der Waals surface area contributed by atoms with Crippen LogP contribution in [0.15, 0.2) is 44.2 Å². The van der Waals surface area contributed by atoms with Crippen LogP contribution >= 0.6 is 31.9 Å². The number of nitrogens with zero attached hydrogens (tertiary/aromatic N) is 1. The standard InChI is InChI=1S/C20H16Br2N2O2/c1-10-5-13(21)6-11(2)17(10)23-20(26)16-9-24-4-3-12-7-14(22)8-15(18(12)24)19(16)25/h5-9H,3-4H2,1-2H3,(H,23,26). The number of hydrogen-bond donors (Lipinski definition) is 1. The summed E-state index contributed by atoms with van der Waals surface area (Å²) in [5.74, 6) is -0.373. The second kappa shape index (κ2) is 6.35. The molecule has 4 rings (SSSR count). The first kappa shape index (κ1) is 17.5. The summed E-state index contributed by atoms with van der Waals surface area (Å²) in [4.78, 5) is 25.9. The zero-order chi connectivity index (χ0) is 18.6. The van der Waals surface area contributed by atoms with E-state index in [9.17, 15) is 9.59 Å². The fraction of sp³-hybridized carbons (Fsp3) is 0.200. The van der Waals surface area contributed by atoms with E-state index in [1.165, 1.54) is 0 Å². The number of halogens is 2. The van der Waals surface area contributed by atoms with Gasteiger partial charge in [-0.05, 0) is 61.2 Å². The zero-order valence-electron chi connectivity index (χ0n) is 14.3. The van der Waals surface area contributed by atoms with Gasteiger partial charge in [-0.15, -0.1) is 0 Å². The zero-order valence-corrected chi connectivity index (χ0v) is 17.5. The van der Waals surface area contributed by atoms with E-state index in [2.05, 4.69) is 37.2 Å². The average Bonchev–Trinajstić information content (AvgIpc) is 2.97. The molecule has 0 bridgehead atoms. The van der Waals surface area contributed by atoms with Gasteiger partial charge in [0.15, 0.2) is 0 Å². The van der Waals surface area contributed by atoms with Crippen LogP contribution in [0.5, 0.6) is 0 Å². The lowest BCUT2D eigenvalue weighted by Crippen LogP contribution is -2.24. The van der Waals surface area contributed by atoms with E-state index in [1.807, 2.05) is 36.6 Å². The summed E-state index contributed by atoms with van der Waals surface area (Å²) in [7, 11) is 0. The molecular formula is C20H16Br2N2O2. The second-order valence-electron chi connectivity index (χ2n) is 6.65. The van der Waals surface area contributed by atoms with Gasteiger partial charge in [0.2, 0.25) is 5.43 Å². The van der Waals surface area contributed by atoms with E-state index in [1.54, 1.807) is 12.3 Å². The maximum atomic E-state index is 13.0. The number of aryl methyl sites for hydroxylation is 4. The van der Waals surface area contributed by atoms with Crippen LogP contribution in [0, 0.1) is 13.8 Å². The maximum Gasteiger partial charge on any atom is 0.261 e. The molecule has 132 valence electrons. The van der Waals surface area contributed by atoms with Gasteiger partial charge in [-0.3, -0.25) is 9.59 Å². The molecular weight excluding hydrogens is 460 g/mol. The van der Waals surface area contributed by atoms with Crippen LogP contribution in [0.1, 0.15) is 27.0 Å². The molecule has 3 aromatic rings. The highest BCUT2D eigenvalue weighted by Crippen LogP contribution is 2.29. The Hall–Kier alpha value is -1.92. The highest BCUT2D eigenvalue weighted by Gasteiger charge is 2.22. The van der Waals surface area contributed by atoms with Gasteiger partial charge in [-0.2, -0.15) is 0 Å². The lowest BCUT2D eigenvalue weighted by atomic mass is 10.1. The number of aromatic nitrogens is 1. The Morgan fingerprint density at radius 1 is 1.08 bits per heavy atom. The van der Waals surface area contributed by atoms with Crippen LogP contribution in [0.25, 0.3) is 10.9 Å². The minimum absolute atomic E-state index is 0.171. The van der Waals surface area contributed by atoms with Crippen LogP contribution in [0.3, 0.4) is 0 Å². The molecule has 26 heavy (non-hydrogen) atoms. The number of rotatable bonds is 2. The quantitative estimate of drug-likeness (QED) is 0.569. The Balaban J connectivity index is 1.83. The van der Waals surface area contributed by atoms with E-state index < -0.39 is 0 Å². The smallest absolute Gasteiger partial charge is 0.261 e. The number of benzene rings is 2. The van der Waals surface area contributed by atoms with Gasteiger partial charge >= 0.3 is 0 Å². The molecule has 0 atom stereocenters. The number of hydrogen-bond acceptors (Lipinski definition) is 2. The van der Waals surface area contributed by atoms with E-state index in [0.717, 1.165) is 49.8 Å². The summed E-state index contributed by atoms with van der Waals surface area (Å²) in [6.45, 7) is 4.65. The van der Waals surface area contributed by atoms with Crippen molar-refractivity contribution < 1.29 is 4.79 Å².